The predicted molar refractivity (Wildman–Crippen MR) is 298 cm³/mol. The van der Waals surface area contributed by atoms with Crippen LogP contribution < -0.4 is 48.7 Å². The minimum Gasteiger partial charge on any atom is -0.480 e. The number of amides is 9. The van der Waals surface area contributed by atoms with Gasteiger partial charge in [-0.25, -0.2) is 4.79 Å². The first-order valence-corrected chi connectivity index (χ1v) is 28.4. The molecule has 0 spiro atoms. The summed E-state index contributed by atoms with van der Waals surface area (Å²) in [6.07, 6.45) is 2.69. The number of aliphatic carboxylic acids is 1. The van der Waals surface area contributed by atoms with E-state index in [1.165, 1.54) is 16.7 Å². The molecule has 9 amide bonds. The second kappa shape index (κ2) is 33.2. The van der Waals surface area contributed by atoms with Crippen LogP contribution in [0.25, 0.3) is 0 Å². The van der Waals surface area contributed by atoms with Gasteiger partial charge in [0.25, 0.3) is 0 Å². The van der Waals surface area contributed by atoms with Crippen molar-refractivity contribution in [3.05, 3.63) is 71.8 Å². The quantitative estimate of drug-likeness (QED) is 0.0451. The minimum atomic E-state index is -1.40. The molecule has 1 fully saturated rings. The fourth-order valence-corrected chi connectivity index (χ4v) is 9.37. The molecule has 10 atom stereocenters. The number of benzene rings is 2. The molecule has 1 aliphatic rings. The lowest BCUT2D eigenvalue weighted by molar-refractivity contribution is -0.144. The Labute approximate surface area is 462 Å². The first-order valence-electron chi connectivity index (χ1n) is 26.4. The molecule has 23 heteroatoms. The Morgan fingerprint density at radius 2 is 1.10 bits per heavy atom. The van der Waals surface area contributed by atoms with E-state index >= 15 is 0 Å². The fraction of sp³-hybridized carbons (Fsp3) is 0.593. The van der Waals surface area contributed by atoms with Crippen LogP contribution in [0.2, 0.25) is 0 Å². The average Bonchev–Trinajstić information content (AvgIpc) is 3.89. The first kappa shape index (κ1) is 65.1. The molecule has 3 rings (SSSR count). The van der Waals surface area contributed by atoms with Gasteiger partial charge in [-0.05, 0) is 79.4 Å². The van der Waals surface area contributed by atoms with Crippen molar-refractivity contribution in [2.75, 3.05) is 24.3 Å². The van der Waals surface area contributed by atoms with Gasteiger partial charge in [-0.3, -0.25) is 43.2 Å². The van der Waals surface area contributed by atoms with Crippen LogP contribution in [0.15, 0.2) is 60.7 Å². The third-order valence-corrected chi connectivity index (χ3v) is 14.2. The van der Waals surface area contributed by atoms with Gasteiger partial charge < -0.3 is 58.7 Å². The van der Waals surface area contributed by atoms with E-state index in [0.717, 1.165) is 0 Å². The highest BCUT2D eigenvalue weighted by molar-refractivity contribution is 7.98. The van der Waals surface area contributed by atoms with Crippen LogP contribution >= 0.6 is 24.4 Å². The van der Waals surface area contributed by atoms with E-state index in [2.05, 4.69) is 49.8 Å². The maximum atomic E-state index is 14.6. The van der Waals surface area contributed by atoms with Crippen molar-refractivity contribution < 1.29 is 53.1 Å². The zero-order chi connectivity index (χ0) is 57.4. The van der Waals surface area contributed by atoms with Crippen LogP contribution in [-0.2, 0) is 60.8 Å². The van der Waals surface area contributed by atoms with E-state index in [1.54, 1.807) is 74.5 Å². The number of hydrogen-bond acceptors (Lipinski definition) is 13. The maximum absolute atomic E-state index is 14.6. The van der Waals surface area contributed by atoms with Crippen LogP contribution in [0, 0.1) is 17.8 Å². The highest BCUT2D eigenvalue weighted by atomic mass is 32.2. The first-order chi connectivity index (χ1) is 36.5. The Balaban J connectivity index is 1.90. The molecule has 1 heterocycles. The second-order valence-electron chi connectivity index (χ2n) is 20.5. The lowest BCUT2D eigenvalue weighted by Crippen LogP contribution is -2.60. The monoisotopic (exact) mass is 1110 g/mol. The molecule has 0 radical (unpaired) electrons. The van der Waals surface area contributed by atoms with Crippen LogP contribution in [0.3, 0.4) is 0 Å². The number of carbonyl (C=O) groups is 10. The van der Waals surface area contributed by atoms with Gasteiger partial charge in [0.15, 0.2) is 0 Å². The maximum Gasteiger partial charge on any atom is 0.326 e. The molecule has 0 saturated carbocycles. The molecule has 12 N–H and O–H groups in total. The smallest absolute Gasteiger partial charge is 0.326 e. The summed E-state index contributed by atoms with van der Waals surface area (Å²) in [5.74, 6) is -7.77. The average molecular weight is 1110 g/mol. The molecule has 0 bridgehead atoms. The van der Waals surface area contributed by atoms with Gasteiger partial charge >= 0.3 is 5.97 Å². The van der Waals surface area contributed by atoms with Crippen LogP contribution in [0.4, 0.5) is 0 Å². The molecular formula is C54H82N10O11S2. The fourth-order valence-electron chi connectivity index (χ4n) is 8.73. The number of nitrogens with one attached hydrogen (secondary N) is 7. The summed E-state index contributed by atoms with van der Waals surface area (Å²) < 4.78 is 0. The highest BCUT2D eigenvalue weighted by Gasteiger charge is 2.41. The minimum absolute atomic E-state index is 0.0158. The van der Waals surface area contributed by atoms with E-state index in [9.17, 15) is 53.1 Å². The Morgan fingerprint density at radius 1 is 0.649 bits per heavy atom. The number of carboxylic acids is 1. The molecule has 426 valence electrons. The molecular weight excluding hydrogens is 1030 g/mol. The second-order valence-corrected chi connectivity index (χ2v) is 21.8. The van der Waals surface area contributed by atoms with Gasteiger partial charge in [-0.2, -0.15) is 24.4 Å². The standard InChI is InChI=1S/C54H82N10O11S2/c1-8-33(6)45(54(74)75)63-51(71)42(29-35-18-13-10-14-19-35)60-47(67)37(23-25-77-7)57-48(68)40(27-32(4)5)62-52(72)43-20-15-24-64(43)53(73)38(21-22-44(56)65)58-50(70)41(28-34-16-11-9-12-17-34)61-49(69)39(26-31(2)3)59-46(66)36(55)30-76/h9-14,16-19,31-33,36-43,45,76H,8,15,20-30,55H2,1-7H3,(H2,56,65)(H,57,68)(H,58,70)(H,59,66)(H,60,67)(H,61,69)(H,62,72)(H,63,71)(H,74,75)/t33-,36-,37-,38-,39-,40-,41-,42-,43-,45-/m0/s1. The molecule has 2 aromatic carbocycles. The number of carbonyl (C=O) groups excluding carboxylic acids is 9. The van der Waals surface area contributed by atoms with Crippen molar-refractivity contribution in [2.45, 2.75) is 160 Å². The molecule has 2 aromatic rings. The third kappa shape index (κ3) is 22.0. The number of nitrogens with two attached hydrogens (primary N) is 2. The topological polar surface area (TPSA) is 330 Å². The summed E-state index contributed by atoms with van der Waals surface area (Å²) in [5.41, 5.74) is 12.8. The van der Waals surface area contributed by atoms with Crippen molar-refractivity contribution in [1.82, 2.24) is 42.1 Å². The number of thiol groups is 1. The number of thioether (sulfide) groups is 1. The van der Waals surface area contributed by atoms with E-state index in [0.29, 0.717) is 29.7 Å². The van der Waals surface area contributed by atoms with Crippen LogP contribution in [0.1, 0.15) is 104 Å². The third-order valence-electron chi connectivity index (χ3n) is 13.2. The summed E-state index contributed by atoms with van der Waals surface area (Å²) in [6.45, 7) is 11.0. The molecule has 77 heavy (non-hydrogen) atoms. The number of rotatable bonds is 33. The SMILES string of the molecule is CC[C@H](C)[C@H](NC(=O)[C@H](Cc1ccccc1)NC(=O)[C@H](CCSC)NC(=O)[C@H](CC(C)C)NC(=O)[C@@H]1CCCN1C(=O)[C@H](CCC(N)=O)NC(=O)[C@H](Cc1ccccc1)NC(=O)[C@H](CC(C)C)NC(=O)[C@@H](N)CS)C(=O)O. The highest BCUT2D eigenvalue weighted by Crippen LogP contribution is 2.22. The van der Waals surface area contributed by atoms with Crippen molar-refractivity contribution in [3.8, 4) is 0 Å². The van der Waals surface area contributed by atoms with E-state index in [-0.39, 0.29) is 75.5 Å². The molecule has 0 unspecified atom stereocenters. The normalized spacial score (nSPS) is 16.8. The van der Waals surface area contributed by atoms with Gasteiger partial charge in [0, 0.05) is 31.6 Å². The summed E-state index contributed by atoms with van der Waals surface area (Å²) in [4.78, 5) is 138. The molecule has 1 aliphatic heterocycles. The number of carboxylic acid groups (broad SMARTS) is 1. The van der Waals surface area contributed by atoms with Crippen LogP contribution in [0.5, 0.6) is 0 Å². The number of likely N-dealkylation sites (tertiary alicyclic amines) is 1. The van der Waals surface area contributed by atoms with Crippen LogP contribution in [-0.4, -0.2) is 148 Å². The van der Waals surface area contributed by atoms with Crippen molar-refractivity contribution >= 4 is 83.5 Å². The number of nitrogens with zero attached hydrogens (tertiary/aromatic N) is 1. The van der Waals surface area contributed by atoms with Gasteiger partial charge in [0.05, 0.1) is 6.04 Å². The number of hydrogen-bond donors (Lipinski definition) is 11. The molecule has 1 saturated heterocycles. The van der Waals surface area contributed by atoms with Gasteiger partial charge in [0.1, 0.15) is 48.3 Å². The molecule has 21 nitrogen and oxygen atoms in total. The zero-order valence-corrected chi connectivity index (χ0v) is 47.1. The number of primary amides is 1. The van der Waals surface area contributed by atoms with E-state index in [1.807, 2.05) is 34.0 Å². The van der Waals surface area contributed by atoms with E-state index in [4.69, 9.17) is 11.5 Å². The predicted octanol–water partition coefficient (Wildman–Crippen LogP) is 1.36. The van der Waals surface area contributed by atoms with Gasteiger partial charge in [0.2, 0.25) is 53.2 Å². The molecule has 0 aromatic heterocycles. The summed E-state index contributed by atoms with van der Waals surface area (Å²) in [5, 5.41) is 29.0. The van der Waals surface area contributed by atoms with Crippen molar-refractivity contribution in [1.29, 1.82) is 0 Å². The van der Waals surface area contributed by atoms with Crippen molar-refractivity contribution in [3.63, 3.8) is 0 Å². The molecule has 0 aliphatic carbocycles. The lowest BCUT2D eigenvalue weighted by atomic mass is 9.98. The van der Waals surface area contributed by atoms with E-state index < -0.39 is 119 Å². The Morgan fingerprint density at radius 3 is 1.57 bits per heavy atom. The zero-order valence-electron chi connectivity index (χ0n) is 45.4. The Hall–Kier alpha value is -6.20. The van der Waals surface area contributed by atoms with Gasteiger partial charge in [-0.1, -0.05) is 109 Å². The lowest BCUT2D eigenvalue weighted by Gasteiger charge is -2.31. The summed E-state index contributed by atoms with van der Waals surface area (Å²) >= 11 is 5.51. The van der Waals surface area contributed by atoms with Crippen molar-refractivity contribution in [2.24, 2.45) is 29.2 Å². The summed E-state index contributed by atoms with van der Waals surface area (Å²) in [7, 11) is 0. The van der Waals surface area contributed by atoms with Gasteiger partial charge in [-0.15, -0.1) is 0 Å². The summed E-state index contributed by atoms with van der Waals surface area (Å²) in [6, 6.07) is 6.89. The Bertz CT molecular complexity index is 2300. The largest absolute Gasteiger partial charge is 0.480 e. The Kier molecular flexibility index (Phi) is 28.0.